The Kier molecular flexibility index (Phi) is 4.77. The molecule has 3 aromatic rings. The summed E-state index contributed by atoms with van der Waals surface area (Å²) in [7, 11) is 0. The number of hydrogen-bond acceptors (Lipinski definition) is 6. The highest BCUT2D eigenvalue weighted by Crippen LogP contribution is 2.21. The van der Waals surface area contributed by atoms with Crippen LogP contribution in [0.5, 0.6) is 5.75 Å². The molecule has 6 nitrogen and oxygen atoms in total. The molecule has 122 valence electrons. The van der Waals surface area contributed by atoms with Crippen molar-refractivity contribution in [1.29, 1.82) is 0 Å². The van der Waals surface area contributed by atoms with Gasteiger partial charge in [-0.3, -0.25) is 0 Å². The first-order valence-corrected chi connectivity index (χ1v) is 7.69. The first-order valence-electron chi connectivity index (χ1n) is 7.31. The number of rotatable bonds is 5. The quantitative estimate of drug-likeness (QED) is 0.735. The lowest BCUT2D eigenvalue weighted by atomic mass is 10.2. The third-order valence-electron chi connectivity index (χ3n) is 3.23. The van der Waals surface area contributed by atoms with Crippen molar-refractivity contribution in [2.75, 3.05) is 11.1 Å². The second-order valence-electron chi connectivity index (χ2n) is 5.12. The van der Waals surface area contributed by atoms with E-state index in [-0.39, 0.29) is 12.6 Å². The summed E-state index contributed by atoms with van der Waals surface area (Å²) >= 11 is 6.00. The Balaban J connectivity index is 1.72. The summed E-state index contributed by atoms with van der Waals surface area (Å²) in [6.45, 7) is 2.09. The van der Waals surface area contributed by atoms with Crippen LogP contribution >= 0.6 is 11.6 Å². The summed E-state index contributed by atoms with van der Waals surface area (Å²) < 4.78 is 5.69. The Morgan fingerprint density at radius 3 is 2.62 bits per heavy atom. The minimum Gasteiger partial charge on any atom is -0.486 e. The molecule has 24 heavy (non-hydrogen) atoms. The van der Waals surface area contributed by atoms with Crippen molar-refractivity contribution in [1.82, 2.24) is 15.0 Å². The van der Waals surface area contributed by atoms with Crippen LogP contribution in [0.2, 0.25) is 5.02 Å². The summed E-state index contributed by atoms with van der Waals surface area (Å²) in [6, 6.07) is 15.0. The van der Waals surface area contributed by atoms with Gasteiger partial charge >= 0.3 is 0 Å². The average molecular weight is 342 g/mol. The molecule has 0 saturated carbocycles. The summed E-state index contributed by atoms with van der Waals surface area (Å²) in [5.41, 5.74) is 7.56. The van der Waals surface area contributed by atoms with Crippen LogP contribution in [0.3, 0.4) is 0 Å². The van der Waals surface area contributed by atoms with Crippen molar-refractivity contribution in [3.63, 3.8) is 0 Å². The molecule has 0 fully saturated rings. The summed E-state index contributed by atoms with van der Waals surface area (Å²) in [4.78, 5) is 12.5. The fourth-order valence-electron chi connectivity index (χ4n) is 2.06. The number of ether oxygens (including phenoxy) is 1. The van der Waals surface area contributed by atoms with Crippen molar-refractivity contribution >= 4 is 29.2 Å². The van der Waals surface area contributed by atoms with Crippen LogP contribution in [0.15, 0.2) is 48.5 Å². The molecule has 0 aliphatic carbocycles. The number of para-hydroxylation sites is 1. The van der Waals surface area contributed by atoms with E-state index in [9.17, 15) is 0 Å². The maximum Gasteiger partial charge on any atom is 0.232 e. The minimum absolute atomic E-state index is 0.134. The fourth-order valence-corrected chi connectivity index (χ4v) is 2.18. The van der Waals surface area contributed by atoms with Gasteiger partial charge in [0.1, 0.15) is 12.4 Å². The number of anilines is 3. The lowest BCUT2D eigenvalue weighted by Crippen LogP contribution is -2.09. The van der Waals surface area contributed by atoms with E-state index in [1.54, 1.807) is 12.1 Å². The van der Waals surface area contributed by atoms with Crippen molar-refractivity contribution in [3.8, 4) is 5.75 Å². The van der Waals surface area contributed by atoms with Crippen molar-refractivity contribution in [2.24, 2.45) is 0 Å². The van der Waals surface area contributed by atoms with Gasteiger partial charge < -0.3 is 15.8 Å². The van der Waals surface area contributed by atoms with Crippen LogP contribution in [-0.4, -0.2) is 15.0 Å². The number of nitrogens with one attached hydrogen (secondary N) is 1. The van der Waals surface area contributed by atoms with Gasteiger partial charge in [0.2, 0.25) is 11.9 Å². The molecule has 0 spiro atoms. The molecular formula is C17H16ClN5O. The number of nitrogens with two attached hydrogens (primary N) is 1. The molecule has 2 aromatic carbocycles. The average Bonchev–Trinajstić information content (AvgIpc) is 2.56. The molecule has 0 bridgehead atoms. The number of aromatic nitrogens is 3. The smallest absolute Gasteiger partial charge is 0.232 e. The van der Waals surface area contributed by atoms with Crippen LogP contribution in [0.4, 0.5) is 17.6 Å². The zero-order valence-corrected chi connectivity index (χ0v) is 13.8. The van der Waals surface area contributed by atoms with Gasteiger partial charge in [0, 0.05) is 10.7 Å². The van der Waals surface area contributed by atoms with Crippen LogP contribution in [0, 0.1) is 6.92 Å². The maximum absolute atomic E-state index is 6.00. The Morgan fingerprint density at radius 2 is 1.88 bits per heavy atom. The van der Waals surface area contributed by atoms with E-state index >= 15 is 0 Å². The second kappa shape index (κ2) is 7.14. The summed E-state index contributed by atoms with van der Waals surface area (Å²) in [6.07, 6.45) is 0. The Labute approximate surface area is 144 Å². The van der Waals surface area contributed by atoms with Crippen molar-refractivity contribution in [2.45, 2.75) is 13.5 Å². The third-order valence-corrected chi connectivity index (χ3v) is 3.65. The Bertz CT molecular complexity index is 842. The molecule has 1 aromatic heterocycles. The molecule has 1 heterocycles. The second-order valence-corrected chi connectivity index (χ2v) is 5.53. The fraction of sp³-hybridized carbons (Fsp3) is 0.118. The maximum atomic E-state index is 6.00. The summed E-state index contributed by atoms with van der Waals surface area (Å²) in [5, 5.41) is 3.78. The van der Waals surface area contributed by atoms with Crippen molar-refractivity contribution < 1.29 is 4.74 Å². The molecule has 3 N–H and O–H groups in total. The number of aryl methyl sites for hydroxylation is 1. The Morgan fingerprint density at radius 1 is 1.08 bits per heavy atom. The van der Waals surface area contributed by atoms with E-state index in [2.05, 4.69) is 20.3 Å². The molecule has 0 amide bonds. The highest BCUT2D eigenvalue weighted by Gasteiger charge is 2.06. The van der Waals surface area contributed by atoms with Gasteiger partial charge in [-0.25, -0.2) is 0 Å². The van der Waals surface area contributed by atoms with E-state index < -0.39 is 0 Å². The van der Waals surface area contributed by atoms with Crippen LogP contribution in [0.25, 0.3) is 0 Å². The molecule has 0 unspecified atom stereocenters. The van der Waals surface area contributed by atoms with Gasteiger partial charge in [0.15, 0.2) is 5.82 Å². The molecule has 0 aliphatic rings. The SMILES string of the molecule is Cc1cc(OCc2nc(N)nc(Nc3ccccc3)n2)ccc1Cl. The molecule has 0 aliphatic heterocycles. The predicted octanol–water partition coefficient (Wildman–Crippen LogP) is 3.74. The zero-order chi connectivity index (χ0) is 16.9. The molecule has 0 saturated heterocycles. The van der Waals surface area contributed by atoms with Crippen LogP contribution < -0.4 is 15.8 Å². The number of benzene rings is 2. The van der Waals surface area contributed by atoms with Gasteiger partial charge in [-0.15, -0.1) is 0 Å². The van der Waals surface area contributed by atoms with E-state index in [0.29, 0.717) is 22.5 Å². The third kappa shape index (κ3) is 4.11. The van der Waals surface area contributed by atoms with Crippen LogP contribution in [-0.2, 0) is 6.61 Å². The summed E-state index contributed by atoms with van der Waals surface area (Å²) in [5.74, 6) is 1.64. The molecule has 0 atom stereocenters. The Hall–Kier alpha value is -2.86. The highest BCUT2D eigenvalue weighted by molar-refractivity contribution is 6.31. The zero-order valence-electron chi connectivity index (χ0n) is 13.0. The highest BCUT2D eigenvalue weighted by atomic mass is 35.5. The standard InChI is InChI=1S/C17H16ClN5O/c1-11-9-13(7-8-14(11)18)24-10-15-21-16(19)23-17(22-15)20-12-5-3-2-4-6-12/h2-9H,10H2,1H3,(H3,19,20,21,22,23). The molecule has 0 radical (unpaired) electrons. The molecule has 3 rings (SSSR count). The molecular weight excluding hydrogens is 326 g/mol. The van der Waals surface area contributed by atoms with E-state index in [4.69, 9.17) is 22.1 Å². The lowest BCUT2D eigenvalue weighted by molar-refractivity contribution is 0.295. The number of hydrogen-bond donors (Lipinski definition) is 2. The topological polar surface area (TPSA) is 86.0 Å². The van der Waals surface area contributed by atoms with Crippen molar-refractivity contribution in [3.05, 3.63) is 64.9 Å². The predicted molar refractivity (Wildman–Crippen MR) is 94.5 cm³/mol. The first-order chi connectivity index (χ1) is 11.6. The number of nitrogen functional groups attached to an aromatic ring is 1. The first kappa shape index (κ1) is 16.0. The van der Waals surface area contributed by atoms with E-state index in [1.165, 1.54) is 0 Å². The van der Waals surface area contributed by atoms with Gasteiger partial charge in [-0.2, -0.15) is 15.0 Å². The number of halogens is 1. The minimum atomic E-state index is 0.134. The normalized spacial score (nSPS) is 10.4. The van der Waals surface area contributed by atoms with Gasteiger partial charge in [-0.1, -0.05) is 29.8 Å². The lowest BCUT2D eigenvalue weighted by Gasteiger charge is -2.09. The van der Waals surface area contributed by atoms with Gasteiger partial charge in [0.25, 0.3) is 0 Å². The number of nitrogens with zero attached hydrogens (tertiary/aromatic N) is 3. The van der Waals surface area contributed by atoms with Crippen LogP contribution in [0.1, 0.15) is 11.4 Å². The molecule has 7 heteroatoms. The van der Waals surface area contributed by atoms with E-state index in [0.717, 1.165) is 11.3 Å². The monoisotopic (exact) mass is 341 g/mol. The largest absolute Gasteiger partial charge is 0.486 e. The van der Waals surface area contributed by atoms with E-state index in [1.807, 2.05) is 43.3 Å². The van der Waals surface area contributed by atoms with Gasteiger partial charge in [0.05, 0.1) is 0 Å². The van der Waals surface area contributed by atoms with Gasteiger partial charge in [-0.05, 0) is 42.8 Å².